The summed E-state index contributed by atoms with van der Waals surface area (Å²) in [6, 6.07) is 7.19. The van der Waals surface area contributed by atoms with Gasteiger partial charge >= 0.3 is 5.97 Å². The van der Waals surface area contributed by atoms with E-state index in [1.165, 1.54) is 7.11 Å². The minimum Gasteiger partial charge on any atom is -0.497 e. The Morgan fingerprint density at radius 2 is 2.27 bits per heavy atom. The summed E-state index contributed by atoms with van der Waals surface area (Å²) in [4.78, 5) is 11.8. The Hall–Kier alpha value is -3.35. The monoisotopic (exact) mass is 351 g/mol. The van der Waals surface area contributed by atoms with Gasteiger partial charge in [-0.15, -0.1) is 0 Å². The number of hydrogen-bond donors (Lipinski definition) is 3. The smallest absolute Gasteiger partial charge is 0.337 e. The van der Waals surface area contributed by atoms with Crippen molar-refractivity contribution < 1.29 is 19.0 Å². The Kier molecular flexibility index (Phi) is 3.21. The Bertz CT molecular complexity index is 942. The van der Waals surface area contributed by atoms with Crippen LogP contribution >= 0.6 is 0 Å². The molecule has 7 nitrogen and oxygen atoms in total. The van der Waals surface area contributed by atoms with Crippen LogP contribution in [0.1, 0.15) is 16.8 Å². The number of esters is 1. The van der Waals surface area contributed by atoms with Gasteiger partial charge in [-0.25, -0.2) is 4.79 Å². The first-order chi connectivity index (χ1) is 12.7. The lowest BCUT2D eigenvalue weighted by atomic mass is 9.90. The van der Waals surface area contributed by atoms with Crippen LogP contribution in [-0.2, 0) is 14.2 Å². The van der Waals surface area contributed by atoms with Crippen LogP contribution in [0.15, 0.2) is 70.8 Å². The lowest BCUT2D eigenvalue weighted by Gasteiger charge is -2.19. The van der Waals surface area contributed by atoms with Crippen LogP contribution in [0.4, 0.5) is 5.69 Å². The van der Waals surface area contributed by atoms with E-state index in [2.05, 4.69) is 16.2 Å². The van der Waals surface area contributed by atoms with E-state index in [-0.39, 0.29) is 11.9 Å². The van der Waals surface area contributed by atoms with E-state index >= 15 is 0 Å². The van der Waals surface area contributed by atoms with Crippen molar-refractivity contribution in [3.63, 3.8) is 0 Å². The molecule has 1 atom stereocenters. The third-order valence-corrected chi connectivity index (χ3v) is 4.87. The largest absolute Gasteiger partial charge is 0.497 e. The number of rotatable bonds is 3. The number of methoxy groups -OCH3 is 1. The van der Waals surface area contributed by atoms with Gasteiger partial charge in [0.25, 0.3) is 0 Å². The fourth-order valence-electron chi connectivity index (χ4n) is 3.70. The number of benzene rings is 1. The van der Waals surface area contributed by atoms with E-state index in [0.29, 0.717) is 5.56 Å². The molecule has 1 fully saturated rings. The molecule has 0 aromatic heterocycles. The molecule has 5 rings (SSSR count). The van der Waals surface area contributed by atoms with Crippen molar-refractivity contribution in [3.05, 3.63) is 76.3 Å². The van der Waals surface area contributed by atoms with Crippen molar-refractivity contribution in [2.24, 2.45) is 5.92 Å². The van der Waals surface area contributed by atoms with E-state index < -0.39 is 0 Å². The molecule has 1 unspecified atom stereocenters. The van der Waals surface area contributed by atoms with E-state index in [4.69, 9.17) is 14.2 Å². The average Bonchev–Trinajstić information content (AvgIpc) is 3.35. The average molecular weight is 351 g/mol. The van der Waals surface area contributed by atoms with Gasteiger partial charge in [-0.2, -0.15) is 0 Å². The molecule has 1 saturated heterocycles. The van der Waals surface area contributed by atoms with Gasteiger partial charge in [-0.05, 0) is 24.6 Å². The molecular weight excluding hydrogens is 334 g/mol. The van der Waals surface area contributed by atoms with E-state index in [0.717, 1.165) is 52.9 Å². The van der Waals surface area contributed by atoms with Crippen molar-refractivity contribution in [2.45, 2.75) is 6.42 Å². The van der Waals surface area contributed by atoms with Crippen molar-refractivity contribution >= 4 is 11.7 Å². The third-order valence-electron chi connectivity index (χ3n) is 4.87. The Morgan fingerprint density at radius 3 is 3.15 bits per heavy atom. The highest BCUT2D eigenvalue weighted by Crippen LogP contribution is 2.47. The number of fused-ring (bicyclic) bond motifs is 4. The standard InChI is InChI=1S/C19H17N3O4/c1-24-19(23)10-3-2-4-11(7-10)20-18-17-13(21-22-18)9-26-15-8-14-12(16(15)17)5-6-25-14/h2-4,7-9,12,20-22H,5-6H2,1H3. The van der Waals surface area contributed by atoms with Crippen LogP contribution in [0.5, 0.6) is 0 Å². The topological polar surface area (TPSA) is 80.9 Å². The molecule has 7 heteroatoms. The third kappa shape index (κ3) is 2.17. The number of ether oxygens (including phenoxy) is 3. The fourth-order valence-corrected chi connectivity index (χ4v) is 3.70. The summed E-state index contributed by atoms with van der Waals surface area (Å²) in [6.07, 6.45) is 4.61. The zero-order valence-corrected chi connectivity index (χ0v) is 14.1. The predicted octanol–water partition coefficient (Wildman–Crippen LogP) is 2.26. The minimum absolute atomic E-state index is 0.226. The first-order valence-corrected chi connectivity index (χ1v) is 8.42. The second-order valence-corrected chi connectivity index (χ2v) is 6.36. The van der Waals surface area contributed by atoms with Crippen molar-refractivity contribution in [1.29, 1.82) is 0 Å². The minimum atomic E-state index is -0.367. The highest BCUT2D eigenvalue weighted by Gasteiger charge is 2.41. The van der Waals surface area contributed by atoms with Crippen LogP contribution in [0.2, 0.25) is 0 Å². The van der Waals surface area contributed by atoms with Crippen LogP contribution in [0.3, 0.4) is 0 Å². The van der Waals surface area contributed by atoms with Gasteiger partial charge in [-0.3, -0.25) is 10.9 Å². The maximum atomic E-state index is 11.8. The summed E-state index contributed by atoms with van der Waals surface area (Å²) < 4.78 is 16.2. The second kappa shape index (κ2) is 5.59. The molecule has 3 heterocycles. The second-order valence-electron chi connectivity index (χ2n) is 6.36. The molecule has 4 aliphatic rings. The fraction of sp³-hybridized carbons (Fsp3) is 0.211. The van der Waals surface area contributed by atoms with Gasteiger partial charge in [-0.1, -0.05) is 6.07 Å². The van der Waals surface area contributed by atoms with Gasteiger partial charge in [0, 0.05) is 23.3 Å². The van der Waals surface area contributed by atoms with E-state index in [1.54, 1.807) is 18.4 Å². The molecule has 0 spiro atoms. The van der Waals surface area contributed by atoms with E-state index in [9.17, 15) is 4.79 Å². The summed E-state index contributed by atoms with van der Waals surface area (Å²) in [6.45, 7) is 0.727. The molecule has 1 aromatic rings. The summed E-state index contributed by atoms with van der Waals surface area (Å²) >= 11 is 0. The number of nitrogens with one attached hydrogen (secondary N) is 3. The molecule has 0 amide bonds. The van der Waals surface area contributed by atoms with Crippen LogP contribution in [0, 0.1) is 5.92 Å². The molecular formula is C19H17N3O4. The van der Waals surface area contributed by atoms with Crippen LogP contribution < -0.4 is 16.2 Å². The SMILES string of the molecule is COC(=O)c1cccc(NC2=C3C(=COC4=C3C3CCOC3=C4)NN2)c1. The lowest BCUT2D eigenvalue weighted by molar-refractivity contribution is 0.0601. The maximum absolute atomic E-state index is 11.8. The van der Waals surface area contributed by atoms with Gasteiger partial charge < -0.3 is 19.5 Å². The number of hydrazine groups is 1. The number of allylic oxidation sites excluding steroid dienone is 3. The normalized spacial score (nSPS) is 22.1. The number of hydrogen-bond acceptors (Lipinski definition) is 7. The predicted molar refractivity (Wildman–Crippen MR) is 93.0 cm³/mol. The molecule has 26 heavy (non-hydrogen) atoms. The Morgan fingerprint density at radius 1 is 1.35 bits per heavy atom. The number of anilines is 1. The molecule has 132 valence electrons. The lowest BCUT2D eigenvalue weighted by Crippen LogP contribution is -2.26. The molecule has 0 bridgehead atoms. The summed E-state index contributed by atoms with van der Waals surface area (Å²) in [5, 5.41) is 3.36. The molecule has 1 aromatic carbocycles. The Balaban J connectivity index is 1.50. The van der Waals surface area contributed by atoms with E-state index in [1.807, 2.05) is 18.2 Å². The van der Waals surface area contributed by atoms with Gasteiger partial charge in [0.1, 0.15) is 29.3 Å². The van der Waals surface area contributed by atoms with Gasteiger partial charge in [0.2, 0.25) is 0 Å². The Labute approximate surface area is 150 Å². The summed E-state index contributed by atoms with van der Waals surface area (Å²) in [7, 11) is 1.37. The maximum Gasteiger partial charge on any atom is 0.337 e. The highest BCUT2D eigenvalue weighted by molar-refractivity contribution is 5.90. The van der Waals surface area contributed by atoms with Crippen molar-refractivity contribution in [2.75, 3.05) is 19.0 Å². The van der Waals surface area contributed by atoms with Gasteiger partial charge in [0.05, 0.1) is 24.9 Å². The van der Waals surface area contributed by atoms with Gasteiger partial charge in [0.15, 0.2) is 0 Å². The molecule has 1 aliphatic carbocycles. The zero-order valence-electron chi connectivity index (χ0n) is 14.1. The highest BCUT2D eigenvalue weighted by atomic mass is 16.5. The summed E-state index contributed by atoms with van der Waals surface area (Å²) in [5.41, 5.74) is 10.6. The quantitative estimate of drug-likeness (QED) is 0.721. The van der Waals surface area contributed by atoms with Crippen LogP contribution in [0.25, 0.3) is 0 Å². The first-order valence-electron chi connectivity index (χ1n) is 8.42. The zero-order chi connectivity index (χ0) is 17.7. The van der Waals surface area contributed by atoms with Crippen LogP contribution in [-0.4, -0.2) is 19.7 Å². The van der Waals surface area contributed by atoms with Crippen molar-refractivity contribution in [3.8, 4) is 0 Å². The molecule has 0 radical (unpaired) electrons. The first kappa shape index (κ1) is 14.9. The molecule has 3 N–H and O–H groups in total. The number of carbonyl (C=O) groups excluding carboxylic acids is 1. The summed E-state index contributed by atoms with van der Waals surface area (Å²) in [5.74, 6) is 2.47. The number of carbonyl (C=O) groups is 1. The van der Waals surface area contributed by atoms with Crippen molar-refractivity contribution in [1.82, 2.24) is 10.9 Å². The molecule has 3 aliphatic heterocycles. The molecule has 0 saturated carbocycles.